The van der Waals surface area contributed by atoms with Crippen LogP contribution in [-0.4, -0.2) is 49.7 Å². The van der Waals surface area contributed by atoms with Crippen molar-refractivity contribution in [3.05, 3.63) is 54.6 Å². The van der Waals surface area contributed by atoms with Crippen molar-refractivity contribution in [2.24, 2.45) is 5.92 Å². The van der Waals surface area contributed by atoms with Crippen molar-refractivity contribution in [1.29, 1.82) is 0 Å². The van der Waals surface area contributed by atoms with E-state index in [4.69, 9.17) is 0 Å². The van der Waals surface area contributed by atoms with Gasteiger partial charge in [-0.3, -0.25) is 4.79 Å². The Bertz CT molecular complexity index is 976. The molecule has 1 aliphatic carbocycles. The highest BCUT2D eigenvalue weighted by atomic mass is 32.2. The van der Waals surface area contributed by atoms with Gasteiger partial charge in [0, 0.05) is 32.1 Å². The lowest BCUT2D eigenvalue weighted by Gasteiger charge is -2.36. The van der Waals surface area contributed by atoms with Crippen molar-refractivity contribution in [2.75, 3.05) is 26.2 Å². The summed E-state index contributed by atoms with van der Waals surface area (Å²) in [5.41, 5.74) is 0. The summed E-state index contributed by atoms with van der Waals surface area (Å²) in [5.74, 6) is 0.223. The number of fused-ring (bicyclic) bond motifs is 1. The standard InChI is InChI=1S/C21H24N2O3S/c24-21(18-7-2-1-3-8-18)22-12-14-23(15-13-22)27(25,26)20-11-10-17-6-4-5-9-19(17)16-20/h1-2,4-6,9-11,16,18H,3,7-8,12-15H2. The van der Waals surface area contributed by atoms with E-state index in [1.54, 1.807) is 12.1 Å². The molecule has 1 amide bonds. The highest BCUT2D eigenvalue weighted by molar-refractivity contribution is 7.89. The molecule has 1 heterocycles. The summed E-state index contributed by atoms with van der Waals surface area (Å²) in [7, 11) is -3.54. The summed E-state index contributed by atoms with van der Waals surface area (Å²) < 4.78 is 27.5. The molecular formula is C21H24N2O3S. The van der Waals surface area contributed by atoms with Gasteiger partial charge < -0.3 is 4.90 Å². The van der Waals surface area contributed by atoms with E-state index < -0.39 is 10.0 Å². The van der Waals surface area contributed by atoms with E-state index in [1.807, 2.05) is 35.2 Å². The third kappa shape index (κ3) is 3.64. The van der Waals surface area contributed by atoms with Crippen molar-refractivity contribution in [3.63, 3.8) is 0 Å². The number of nitrogens with zero attached hydrogens (tertiary/aromatic N) is 2. The molecule has 2 aromatic rings. The fourth-order valence-electron chi connectivity index (χ4n) is 3.90. The van der Waals surface area contributed by atoms with E-state index in [2.05, 4.69) is 12.2 Å². The Morgan fingerprint density at radius 3 is 2.37 bits per heavy atom. The molecule has 0 spiro atoms. The molecule has 5 nitrogen and oxygen atoms in total. The van der Waals surface area contributed by atoms with E-state index in [0.717, 1.165) is 30.0 Å². The number of allylic oxidation sites excluding steroid dienone is 2. The zero-order chi connectivity index (χ0) is 18.9. The summed E-state index contributed by atoms with van der Waals surface area (Å²) >= 11 is 0. The molecule has 0 bridgehead atoms. The number of hydrogen-bond acceptors (Lipinski definition) is 3. The fourth-order valence-corrected chi connectivity index (χ4v) is 5.36. The molecular weight excluding hydrogens is 360 g/mol. The number of piperazine rings is 1. The number of carbonyl (C=O) groups excluding carboxylic acids is 1. The van der Waals surface area contributed by atoms with Gasteiger partial charge in [0.1, 0.15) is 0 Å². The van der Waals surface area contributed by atoms with Gasteiger partial charge in [-0.05, 0) is 42.2 Å². The second-order valence-electron chi connectivity index (χ2n) is 7.22. The lowest BCUT2D eigenvalue weighted by Crippen LogP contribution is -2.51. The second kappa shape index (κ2) is 7.44. The normalized spacial score (nSPS) is 21.5. The molecule has 27 heavy (non-hydrogen) atoms. The summed E-state index contributed by atoms with van der Waals surface area (Å²) in [6.07, 6.45) is 6.84. The van der Waals surface area contributed by atoms with Gasteiger partial charge in [-0.15, -0.1) is 0 Å². The van der Waals surface area contributed by atoms with E-state index in [9.17, 15) is 13.2 Å². The predicted molar refractivity (Wildman–Crippen MR) is 106 cm³/mol. The van der Waals surface area contributed by atoms with Crippen LogP contribution >= 0.6 is 0 Å². The predicted octanol–water partition coefficient (Wildman–Crippen LogP) is 3.03. The van der Waals surface area contributed by atoms with Crippen LogP contribution in [0.3, 0.4) is 0 Å². The van der Waals surface area contributed by atoms with Crippen LogP contribution in [0.1, 0.15) is 19.3 Å². The zero-order valence-corrected chi connectivity index (χ0v) is 16.1. The monoisotopic (exact) mass is 384 g/mol. The van der Waals surface area contributed by atoms with Crippen molar-refractivity contribution >= 4 is 26.7 Å². The fraction of sp³-hybridized carbons (Fsp3) is 0.381. The first-order valence-electron chi connectivity index (χ1n) is 9.48. The molecule has 1 unspecified atom stereocenters. The van der Waals surface area contributed by atoms with Gasteiger partial charge >= 0.3 is 0 Å². The molecule has 2 aromatic carbocycles. The second-order valence-corrected chi connectivity index (χ2v) is 9.16. The van der Waals surface area contributed by atoms with Gasteiger partial charge in [0.15, 0.2) is 0 Å². The Kier molecular flexibility index (Phi) is 5.02. The Morgan fingerprint density at radius 1 is 0.926 bits per heavy atom. The zero-order valence-electron chi connectivity index (χ0n) is 15.3. The number of amides is 1. The Morgan fingerprint density at radius 2 is 1.67 bits per heavy atom. The van der Waals surface area contributed by atoms with Crippen LogP contribution < -0.4 is 0 Å². The summed E-state index contributed by atoms with van der Waals surface area (Å²) in [6, 6.07) is 13.0. The van der Waals surface area contributed by atoms with Gasteiger partial charge in [0.25, 0.3) is 0 Å². The van der Waals surface area contributed by atoms with Gasteiger partial charge in [-0.2, -0.15) is 4.31 Å². The largest absolute Gasteiger partial charge is 0.340 e. The molecule has 0 saturated carbocycles. The molecule has 142 valence electrons. The number of benzene rings is 2. The maximum atomic E-state index is 13.0. The maximum Gasteiger partial charge on any atom is 0.243 e. The van der Waals surface area contributed by atoms with Crippen LogP contribution in [0, 0.1) is 5.92 Å². The first kappa shape index (κ1) is 18.2. The summed E-state index contributed by atoms with van der Waals surface area (Å²) in [6.45, 7) is 1.63. The van der Waals surface area contributed by atoms with Crippen LogP contribution in [0.15, 0.2) is 59.5 Å². The molecule has 0 radical (unpaired) electrons. The van der Waals surface area contributed by atoms with E-state index in [0.29, 0.717) is 31.1 Å². The first-order valence-corrected chi connectivity index (χ1v) is 10.9. The molecule has 1 saturated heterocycles. The number of hydrogen-bond donors (Lipinski definition) is 0. The summed E-state index contributed by atoms with van der Waals surface area (Å²) in [4.78, 5) is 14.8. The Hall–Kier alpha value is -2.18. The van der Waals surface area contributed by atoms with Gasteiger partial charge in [-0.25, -0.2) is 8.42 Å². The maximum absolute atomic E-state index is 13.0. The van der Waals surface area contributed by atoms with Crippen LogP contribution in [0.2, 0.25) is 0 Å². The highest BCUT2D eigenvalue weighted by Gasteiger charge is 2.32. The molecule has 4 rings (SSSR count). The minimum atomic E-state index is -3.54. The van der Waals surface area contributed by atoms with E-state index in [-0.39, 0.29) is 11.8 Å². The average Bonchev–Trinajstić information content (AvgIpc) is 2.73. The lowest BCUT2D eigenvalue weighted by molar-refractivity contribution is -0.137. The molecule has 2 aliphatic rings. The van der Waals surface area contributed by atoms with Crippen LogP contribution in [-0.2, 0) is 14.8 Å². The minimum Gasteiger partial charge on any atom is -0.340 e. The average molecular weight is 385 g/mol. The van der Waals surface area contributed by atoms with Crippen LogP contribution in [0.4, 0.5) is 0 Å². The van der Waals surface area contributed by atoms with Gasteiger partial charge in [-0.1, -0.05) is 42.5 Å². The minimum absolute atomic E-state index is 0.0543. The van der Waals surface area contributed by atoms with Crippen molar-refractivity contribution in [3.8, 4) is 0 Å². The van der Waals surface area contributed by atoms with Crippen LogP contribution in [0.25, 0.3) is 10.8 Å². The Labute approximate surface area is 160 Å². The number of rotatable bonds is 3. The third-order valence-electron chi connectivity index (χ3n) is 5.53. The van der Waals surface area contributed by atoms with E-state index in [1.165, 1.54) is 4.31 Å². The van der Waals surface area contributed by atoms with Crippen molar-refractivity contribution in [2.45, 2.75) is 24.2 Å². The topological polar surface area (TPSA) is 57.7 Å². The van der Waals surface area contributed by atoms with Crippen molar-refractivity contribution < 1.29 is 13.2 Å². The van der Waals surface area contributed by atoms with Gasteiger partial charge in [0.05, 0.1) is 4.90 Å². The number of carbonyl (C=O) groups is 1. The molecule has 1 atom stereocenters. The first-order chi connectivity index (χ1) is 13.1. The molecule has 6 heteroatoms. The molecule has 1 fully saturated rings. The lowest BCUT2D eigenvalue weighted by atomic mass is 9.93. The SMILES string of the molecule is O=C(C1CC=CCC1)N1CCN(S(=O)(=O)c2ccc3ccccc3c2)CC1. The summed E-state index contributed by atoms with van der Waals surface area (Å²) in [5, 5.41) is 1.94. The smallest absolute Gasteiger partial charge is 0.243 e. The molecule has 0 aromatic heterocycles. The van der Waals surface area contributed by atoms with E-state index >= 15 is 0 Å². The van der Waals surface area contributed by atoms with Gasteiger partial charge in [0.2, 0.25) is 15.9 Å². The Balaban J connectivity index is 1.46. The number of sulfonamides is 1. The van der Waals surface area contributed by atoms with Crippen molar-refractivity contribution in [1.82, 2.24) is 9.21 Å². The van der Waals surface area contributed by atoms with Crippen LogP contribution in [0.5, 0.6) is 0 Å². The molecule has 0 N–H and O–H groups in total. The molecule has 1 aliphatic heterocycles. The third-order valence-corrected chi connectivity index (χ3v) is 7.42. The quantitative estimate of drug-likeness (QED) is 0.765. The highest BCUT2D eigenvalue weighted by Crippen LogP contribution is 2.25.